The summed E-state index contributed by atoms with van der Waals surface area (Å²) in [5, 5.41) is 0. The SMILES string of the molecule is CC(C)(C)OC(=O)N1CCN(c2cccc3c2OCCN3S(=O)(=O)c2cccc(N(S(C)(=O)=O)S(C)(=O)=O)c2)CC1. The molecule has 0 aromatic heterocycles. The Morgan fingerprint density at radius 3 is 2.02 bits per heavy atom. The van der Waals surface area contributed by atoms with Gasteiger partial charge in [-0.1, -0.05) is 12.1 Å². The third-order valence-corrected chi connectivity index (χ3v) is 11.3. The molecular formula is C25H34N4O9S3. The molecule has 226 valence electrons. The molecule has 0 unspecified atom stereocenters. The van der Waals surface area contributed by atoms with Crippen molar-refractivity contribution in [1.29, 1.82) is 0 Å². The summed E-state index contributed by atoms with van der Waals surface area (Å²) in [6.07, 6.45) is 1.05. The van der Waals surface area contributed by atoms with Gasteiger partial charge in [0.15, 0.2) is 5.75 Å². The van der Waals surface area contributed by atoms with E-state index in [9.17, 15) is 30.0 Å². The highest BCUT2D eigenvalue weighted by molar-refractivity contribution is 8.09. The minimum absolute atomic E-state index is 0.0166. The number of carbonyl (C=O) groups excluding carboxylic acids is 1. The third-order valence-electron chi connectivity index (χ3n) is 6.27. The van der Waals surface area contributed by atoms with E-state index in [2.05, 4.69) is 0 Å². The Kier molecular flexibility index (Phi) is 8.14. The molecule has 2 aliphatic heterocycles. The van der Waals surface area contributed by atoms with Crippen LogP contribution < -0.4 is 17.7 Å². The van der Waals surface area contributed by atoms with Crippen LogP contribution in [0.25, 0.3) is 0 Å². The van der Waals surface area contributed by atoms with Crippen molar-refractivity contribution in [2.75, 3.05) is 64.8 Å². The zero-order chi connectivity index (χ0) is 30.4. The van der Waals surface area contributed by atoms with Gasteiger partial charge in [-0.05, 0) is 51.1 Å². The lowest BCUT2D eigenvalue weighted by Crippen LogP contribution is -2.50. The zero-order valence-electron chi connectivity index (χ0n) is 23.5. The summed E-state index contributed by atoms with van der Waals surface area (Å²) < 4.78 is 89.4. The largest absolute Gasteiger partial charge is 0.487 e. The highest BCUT2D eigenvalue weighted by Gasteiger charge is 2.35. The van der Waals surface area contributed by atoms with E-state index in [4.69, 9.17) is 9.47 Å². The van der Waals surface area contributed by atoms with Gasteiger partial charge in [-0.2, -0.15) is 3.71 Å². The molecule has 0 N–H and O–H groups in total. The van der Waals surface area contributed by atoms with Gasteiger partial charge >= 0.3 is 6.09 Å². The van der Waals surface area contributed by atoms with E-state index in [1.807, 2.05) is 11.0 Å². The van der Waals surface area contributed by atoms with Gasteiger partial charge < -0.3 is 19.3 Å². The second-order valence-electron chi connectivity index (χ2n) is 10.7. The van der Waals surface area contributed by atoms with E-state index in [0.717, 1.165) is 22.9 Å². The van der Waals surface area contributed by atoms with Gasteiger partial charge in [0.1, 0.15) is 12.2 Å². The quantitative estimate of drug-likeness (QED) is 0.464. The first kappa shape index (κ1) is 30.7. The fourth-order valence-electron chi connectivity index (χ4n) is 4.68. The van der Waals surface area contributed by atoms with Crippen LogP contribution >= 0.6 is 0 Å². The minimum atomic E-state index is -4.27. The molecule has 0 saturated carbocycles. The van der Waals surface area contributed by atoms with E-state index >= 15 is 0 Å². The number of benzene rings is 2. The number of hydrogen-bond donors (Lipinski definition) is 0. The lowest BCUT2D eigenvalue weighted by molar-refractivity contribution is 0.0240. The first-order valence-electron chi connectivity index (χ1n) is 12.7. The summed E-state index contributed by atoms with van der Waals surface area (Å²) in [4.78, 5) is 15.8. The molecule has 1 saturated heterocycles. The first-order valence-corrected chi connectivity index (χ1v) is 17.9. The molecule has 41 heavy (non-hydrogen) atoms. The number of amides is 1. The number of para-hydroxylation sites is 1. The third kappa shape index (κ3) is 6.64. The van der Waals surface area contributed by atoms with Crippen LogP contribution in [-0.2, 0) is 34.8 Å². The Morgan fingerprint density at radius 2 is 1.44 bits per heavy atom. The summed E-state index contributed by atoms with van der Waals surface area (Å²) in [6.45, 7) is 7.21. The smallest absolute Gasteiger partial charge is 0.410 e. The van der Waals surface area contributed by atoms with Gasteiger partial charge in [-0.25, -0.2) is 30.0 Å². The van der Waals surface area contributed by atoms with Crippen LogP contribution in [0.4, 0.5) is 21.9 Å². The number of carbonyl (C=O) groups is 1. The first-order chi connectivity index (χ1) is 18.9. The van der Waals surface area contributed by atoms with Crippen LogP contribution in [0.1, 0.15) is 20.8 Å². The second kappa shape index (κ2) is 10.9. The van der Waals surface area contributed by atoms with E-state index in [0.29, 0.717) is 37.6 Å². The number of nitrogens with zero attached hydrogens (tertiary/aromatic N) is 4. The number of ether oxygens (including phenoxy) is 2. The average molecular weight is 631 g/mol. The van der Waals surface area contributed by atoms with Crippen molar-refractivity contribution in [3.63, 3.8) is 0 Å². The molecule has 0 aliphatic carbocycles. The van der Waals surface area contributed by atoms with E-state index < -0.39 is 41.8 Å². The topological polar surface area (TPSA) is 151 Å². The molecular weight excluding hydrogens is 596 g/mol. The molecule has 2 aromatic carbocycles. The number of anilines is 3. The maximum atomic E-state index is 13.8. The maximum absolute atomic E-state index is 13.8. The van der Waals surface area contributed by atoms with Crippen LogP contribution in [0.15, 0.2) is 47.4 Å². The van der Waals surface area contributed by atoms with Crippen molar-refractivity contribution in [2.24, 2.45) is 0 Å². The number of hydrogen-bond acceptors (Lipinski definition) is 10. The van der Waals surface area contributed by atoms with Crippen molar-refractivity contribution in [3.8, 4) is 5.75 Å². The van der Waals surface area contributed by atoms with Crippen molar-refractivity contribution in [1.82, 2.24) is 4.90 Å². The van der Waals surface area contributed by atoms with E-state index in [1.54, 1.807) is 37.8 Å². The lowest BCUT2D eigenvalue weighted by atomic mass is 10.2. The number of piperazine rings is 1. The molecule has 1 fully saturated rings. The Balaban J connectivity index is 1.63. The Labute approximate surface area is 241 Å². The standard InChI is InChI=1S/C25H34N4O9S3/c1-25(2,3)38-24(30)27-14-12-26(13-15-27)21-10-7-11-22-23(21)37-17-16-28(22)41(35,36)20-9-6-8-19(18-20)29(39(4,31)32)40(5,33)34/h6-11,18H,12-17H2,1-5H3. The lowest BCUT2D eigenvalue weighted by Gasteiger charge is -2.39. The van der Waals surface area contributed by atoms with Crippen LogP contribution in [0, 0.1) is 0 Å². The van der Waals surface area contributed by atoms with Crippen LogP contribution in [0.3, 0.4) is 0 Å². The number of sulfonamides is 3. The van der Waals surface area contributed by atoms with Crippen molar-refractivity contribution >= 4 is 53.2 Å². The maximum Gasteiger partial charge on any atom is 0.410 e. The van der Waals surface area contributed by atoms with Gasteiger partial charge in [0.2, 0.25) is 20.0 Å². The molecule has 0 atom stereocenters. The summed E-state index contributed by atoms with van der Waals surface area (Å²) >= 11 is 0. The van der Waals surface area contributed by atoms with Crippen LogP contribution in [0.2, 0.25) is 0 Å². The monoisotopic (exact) mass is 630 g/mol. The molecule has 1 amide bonds. The van der Waals surface area contributed by atoms with Gasteiger partial charge in [0.05, 0.1) is 41.0 Å². The predicted molar refractivity (Wildman–Crippen MR) is 155 cm³/mol. The molecule has 0 radical (unpaired) electrons. The normalized spacial score (nSPS) is 16.6. The molecule has 2 heterocycles. The van der Waals surface area contributed by atoms with E-state index in [-0.39, 0.29) is 33.1 Å². The van der Waals surface area contributed by atoms with Crippen molar-refractivity contribution < 1.29 is 39.5 Å². The highest BCUT2D eigenvalue weighted by Crippen LogP contribution is 2.43. The van der Waals surface area contributed by atoms with Gasteiger partial charge in [-0.15, -0.1) is 0 Å². The van der Waals surface area contributed by atoms with Crippen LogP contribution in [-0.4, -0.2) is 93.7 Å². The molecule has 4 rings (SSSR count). The Hall–Kier alpha value is -3.24. The average Bonchev–Trinajstić information content (AvgIpc) is 2.85. The summed E-state index contributed by atoms with van der Waals surface area (Å²) in [5.41, 5.74) is 0.0291. The molecule has 13 nitrogen and oxygen atoms in total. The number of rotatable bonds is 6. The van der Waals surface area contributed by atoms with Crippen molar-refractivity contribution in [3.05, 3.63) is 42.5 Å². The Morgan fingerprint density at radius 1 is 0.854 bits per heavy atom. The van der Waals surface area contributed by atoms with E-state index in [1.165, 1.54) is 18.2 Å². The van der Waals surface area contributed by atoms with Crippen LogP contribution in [0.5, 0.6) is 5.75 Å². The molecule has 0 bridgehead atoms. The summed E-state index contributed by atoms with van der Waals surface area (Å²) in [5.74, 6) is 0.359. The summed E-state index contributed by atoms with van der Waals surface area (Å²) in [6, 6.07) is 9.92. The van der Waals surface area contributed by atoms with Gasteiger partial charge in [0, 0.05) is 26.2 Å². The zero-order valence-corrected chi connectivity index (χ0v) is 25.9. The number of fused-ring (bicyclic) bond motifs is 1. The summed E-state index contributed by atoms with van der Waals surface area (Å²) in [7, 11) is -12.8. The van der Waals surface area contributed by atoms with Crippen molar-refractivity contribution in [2.45, 2.75) is 31.3 Å². The molecule has 16 heteroatoms. The second-order valence-corrected chi connectivity index (χ2v) is 16.5. The molecule has 0 spiro atoms. The Bertz CT molecular complexity index is 1610. The molecule has 2 aromatic rings. The van der Waals surface area contributed by atoms with Gasteiger partial charge in [-0.3, -0.25) is 4.31 Å². The fourth-order valence-corrected chi connectivity index (χ4v) is 9.13. The van der Waals surface area contributed by atoms with Gasteiger partial charge in [0.25, 0.3) is 10.0 Å². The molecule has 2 aliphatic rings. The fraction of sp³-hybridized carbons (Fsp3) is 0.480. The highest BCUT2D eigenvalue weighted by atomic mass is 32.3. The minimum Gasteiger partial charge on any atom is -0.487 e. The predicted octanol–water partition coefficient (Wildman–Crippen LogP) is 2.06.